The molecule has 0 saturated heterocycles. The van der Waals surface area contributed by atoms with E-state index in [2.05, 4.69) is 28.1 Å². The van der Waals surface area contributed by atoms with Crippen LogP contribution in [0.3, 0.4) is 0 Å². The summed E-state index contributed by atoms with van der Waals surface area (Å²) in [6.07, 6.45) is 10.5. The Morgan fingerprint density at radius 2 is 2.24 bits per heavy atom. The molecule has 1 saturated carbocycles. The van der Waals surface area contributed by atoms with E-state index in [0.29, 0.717) is 0 Å². The van der Waals surface area contributed by atoms with Gasteiger partial charge in [0.1, 0.15) is 0 Å². The van der Waals surface area contributed by atoms with Crippen LogP contribution in [0.15, 0.2) is 12.3 Å². The van der Waals surface area contributed by atoms with Gasteiger partial charge in [-0.3, -0.25) is 4.68 Å². The molecule has 1 N–H and O–H groups in total. The summed E-state index contributed by atoms with van der Waals surface area (Å²) >= 11 is 0. The zero-order chi connectivity index (χ0) is 11.9. The Labute approximate surface area is 105 Å². The summed E-state index contributed by atoms with van der Waals surface area (Å²) in [7, 11) is 0. The first-order valence-corrected chi connectivity index (χ1v) is 7.11. The highest BCUT2D eigenvalue weighted by atomic mass is 15.3. The van der Waals surface area contributed by atoms with Crippen LogP contribution < -0.4 is 5.32 Å². The quantitative estimate of drug-likeness (QED) is 0.736. The summed E-state index contributed by atoms with van der Waals surface area (Å²) in [4.78, 5) is 0. The molecule has 1 aliphatic carbocycles. The Hall–Kier alpha value is -0.830. The smallest absolute Gasteiger partial charge is 0.0521 e. The van der Waals surface area contributed by atoms with Gasteiger partial charge in [0.2, 0.25) is 0 Å². The lowest BCUT2D eigenvalue weighted by Gasteiger charge is -2.09. The van der Waals surface area contributed by atoms with Gasteiger partial charge < -0.3 is 5.32 Å². The van der Waals surface area contributed by atoms with Gasteiger partial charge in [-0.2, -0.15) is 5.10 Å². The Balaban J connectivity index is 1.56. The molecule has 17 heavy (non-hydrogen) atoms. The van der Waals surface area contributed by atoms with Crippen LogP contribution >= 0.6 is 0 Å². The SMILES string of the molecule is CCn1nccc1CNCCCC1CCCC1. The summed E-state index contributed by atoms with van der Waals surface area (Å²) in [5.41, 5.74) is 1.30. The van der Waals surface area contributed by atoms with E-state index in [9.17, 15) is 0 Å². The molecular weight excluding hydrogens is 210 g/mol. The van der Waals surface area contributed by atoms with Crippen molar-refractivity contribution in [1.29, 1.82) is 0 Å². The lowest BCUT2D eigenvalue weighted by molar-refractivity contribution is 0.467. The molecule has 0 unspecified atom stereocenters. The summed E-state index contributed by atoms with van der Waals surface area (Å²) in [6.45, 7) is 5.20. The minimum absolute atomic E-state index is 0.957. The van der Waals surface area contributed by atoms with Crippen LogP contribution in [0.2, 0.25) is 0 Å². The molecule has 1 aromatic rings. The maximum atomic E-state index is 4.27. The van der Waals surface area contributed by atoms with Gasteiger partial charge in [-0.25, -0.2) is 0 Å². The molecule has 3 heteroatoms. The molecule has 0 bridgehead atoms. The minimum Gasteiger partial charge on any atom is -0.311 e. The van der Waals surface area contributed by atoms with Crippen LogP contribution in [-0.2, 0) is 13.1 Å². The molecule has 0 spiro atoms. The van der Waals surface area contributed by atoms with E-state index < -0.39 is 0 Å². The van der Waals surface area contributed by atoms with Crippen molar-refractivity contribution in [2.75, 3.05) is 6.54 Å². The maximum Gasteiger partial charge on any atom is 0.0521 e. The zero-order valence-electron chi connectivity index (χ0n) is 11.0. The average molecular weight is 235 g/mol. The molecule has 1 aromatic heterocycles. The highest BCUT2D eigenvalue weighted by Crippen LogP contribution is 2.28. The first kappa shape index (κ1) is 12.6. The number of hydrogen-bond acceptors (Lipinski definition) is 2. The van der Waals surface area contributed by atoms with Crippen molar-refractivity contribution >= 4 is 0 Å². The van der Waals surface area contributed by atoms with Crippen molar-refractivity contribution in [2.45, 2.75) is 58.5 Å². The normalized spacial score (nSPS) is 16.8. The molecule has 0 atom stereocenters. The number of nitrogens with one attached hydrogen (secondary N) is 1. The largest absolute Gasteiger partial charge is 0.311 e. The third kappa shape index (κ3) is 3.84. The Morgan fingerprint density at radius 1 is 1.41 bits per heavy atom. The van der Waals surface area contributed by atoms with Crippen LogP contribution in [0.25, 0.3) is 0 Å². The van der Waals surface area contributed by atoms with Gasteiger partial charge in [-0.05, 0) is 38.3 Å². The minimum atomic E-state index is 0.957. The lowest BCUT2D eigenvalue weighted by atomic mass is 10.0. The molecular formula is C14H25N3. The van der Waals surface area contributed by atoms with Crippen molar-refractivity contribution in [3.63, 3.8) is 0 Å². The fourth-order valence-electron chi connectivity index (χ4n) is 2.83. The predicted octanol–water partition coefficient (Wildman–Crippen LogP) is 2.96. The zero-order valence-corrected chi connectivity index (χ0v) is 11.0. The van der Waals surface area contributed by atoms with E-state index in [1.54, 1.807) is 0 Å². The lowest BCUT2D eigenvalue weighted by Crippen LogP contribution is -2.18. The molecule has 1 heterocycles. The summed E-state index contributed by atoms with van der Waals surface area (Å²) in [6, 6.07) is 2.10. The second-order valence-electron chi connectivity index (χ2n) is 5.11. The number of aromatic nitrogens is 2. The number of rotatable bonds is 7. The second-order valence-corrected chi connectivity index (χ2v) is 5.11. The molecule has 0 aromatic carbocycles. The average Bonchev–Trinajstić information content (AvgIpc) is 2.98. The van der Waals surface area contributed by atoms with E-state index in [1.165, 1.54) is 44.2 Å². The van der Waals surface area contributed by atoms with Crippen molar-refractivity contribution < 1.29 is 0 Å². The molecule has 0 radical (unpaired) electrons. The highest BCUT2D eigenvalue weighted by molar-refractivity contribution is 4.99. The Morgan fingerprint density at radius 3 is 3.00 bits per heavy atom. The molecule has 0 aliphatic heterocycles. The van der Waals surface area contributed by atoms with E-state index in [1.807, 2.05) is 6.20 Å². The van der Waals surface area contributed by atoms with Gasteiger partial charge in [-0.1, -0.05) is 25.7 Å². The molecule has 96 valence electrons. The van der Waals surface area contributed by atoms with Gasteiger partial charge in [0.05, 0.1) is 5.69 Å². The molecule has 1 fully saturated rings. The summed E-state index contributed by atoms with van der Waals surface area (Å²) in [5, 5.41) is 7.80. The van der Waals surface area contributed by atoms with Crippen LogP contribution in [0.1, 0.15) is 51.1 Å². The van der Waals surface area contributed by atoms with Gasteiger partial charge in [0.15, 0.2) is 0 Å². The number of aryl methyl sites for hydroxylation is 1. The van der Waals surface area contributed by atoms with E-state index >= 15 is 0 Å². The topological polar surface area (TPSA) is 29.9 Å². The Kier molecular flexibility index (Phi) is 5.05. The van der Waals surface area contributed by atoms with Crippen LogP contribution in [0, 0.1) is 5.92 Å². The van der Waals surface area contributed by atoms with Crippen molar-refractivity contribution in [2.24, 2.45) is 5.92 Å². The maximum absolute atomic E-state index is 4.27. The molecule has 0 amide bonds. The van der Waals surface area contributed by atoms with Crippen molar-refractivity contribution in [3.8, 4) is 0 Å². The molecule has 2 rings (SSSR count). The molecule has 3 nitrogen and oxygen atoms in total. The van der Waals surface area contributed by atoms with E-state index in [0.717, 1.165) is 25.6 Å². The third-order valence-electron chi connectivity index (χ3n) is 3.85. The Bertz CT molecular complexity index is 313. The molecule has 1 aliphatic rings. The second kappa shape index (κ2) is 6.80. The number of nitrogens with zero attached hydrogens (tertiary/aromatic N) is 2. The van der Waals surface area contributed by atoms with E-state index in [4.69, 9.17) is 0 Å². The van der Waals surface area contributed by atoms with Crippen LogP contribution in [0.4, 0.5) is 0 Å². The van der Waals surface area contributed by atoms with Crippen LogP contribution in [-0.4, -0.2) is 16.3 Å². The van der Waals surface area contributed by atoms with Gasteiger partial charge in [-0.15, -0.1) is 0 Å². The first-order chi connectivity index (χ1) is 8.40. The number of hydrogen-bond donors (Lipinski definition) is 1. The van der Waals surface area contributed by atoms with Crippen LogP contribution in [0.5, 0.6) is 0 Å². The third-order valence-corrected chi connectivity index (χ3v) is 3.85. The van der Waals surface area contributed by atoms with Gasteiger partial charge in [0.25, 0.3) is 0 Å². The van der Waals surface area contributed by atoms with Gasteiger partial charge in [0, 0.05) is 19.3 Å². The fraction of sp³-hybridized carbons (Fsp3) is 0.786. The van der Waals surface area contributed by atoms with Crippen molar-refractivity contribution in [3.05, 3.63) is 18.0 Å². The fourth-order valence-corrected chi connectivity index (χ4v) is 2.83. The summed E-state index contributed by atoms with van der Waals surface area (Å²) in [5.74, 6) is 1.03. The first-order valence-electron chi connectivity index (χ1n) is 7.11. The summed E-state index contributed by atoms with van der Waals surface area (Å²) < 4.78 is 2.06. The highest BCUT2D eigenvalue weighted by Gasteiger charge is 2.13. The van der Waals surface area contributed by atoms with Gasteiger partial charge >= 0.3 is 0 Å². The standard InChI is InChI=1S/C14H25N3/c1-2-17-14(9-11-16-17)12-15-10-5-8-13-6-3-4-7-13/h9,11,13,15H,2-8,10,12H2,1H3. The van der Waals surface area contributed by atoms with Crippen molar-refractivity contribution in [1.82, 2.24) is 15.1 Å². The monoisotopic (exact) mass is 235 g/mol. The predicted molar refractivity (Wildman–Crippen MR) is 70.8 cm³/mol. The van der Waals surface area contributed by atoms with E-state index in [-0.39, 0.29) is 0 Å².